The third-order valence-electron chi connectivity index (χ3n) is 5.17. The van der Waals surface area contributed by atoms with E-state index in [1.54, 1.807) is 0 Å². The molecule has 2 heteroatoms. The molecule has 1 heterocycles. The van der Waals surface area contributed by atoms with E-state index in [4.69, 9.17) is 0 Å². The lowest BCUT2D eigenvalue weighted by Gasteiger charge is -2.32. The van der Waals surface area contributed by atoms with Crippen LogP contribution in [0.1, 0.15) is 90.4 Å². The molecule has 132 valence electrons. The minimum absolute atomic E-state index is 1.26. The number of piperazine rings is 1. The monoisotopic (exact) mass is 310 g/mol. The van der Waals surface area contributed by atoms with E-state index in [-0.39, 0.29) is 0 Å². The Hall–Kier alpha value is -0.0800. The van der Waals surface area contributed by atoms with Crippen molar-refractivity contribution in [3.63, 3.8) is 0 Å². The van der Waals surface area contributed by atoms with Gasteiger partial charge in [0.2, 0.25) is 0 Å². The van der Waals surface area contributed by atoms with E-state index < -0.39 is 0 Å². The first-order valence-corrected chi connectivity index (χ1v) is 10.2. The van der Waals surface area contributed by atoms with Crippen LogP contribution in [0.3, 0.4) is 0 Å². The number of nitrogens with zero attached hydrogens (tertiary/aromatic N) is 2. The maximum atomic E-state index is 2.65. The first-order valence-electron chi connectivity index (χ1n) is 10.2. The number of hydrogen-bond acceptors (Lipinski definition) is 2. The minimum atomic E-state index is 1.26. The zero-order valence-electron chi connectivity index (χ0n) is 15.6. The van der Waals surface area contributed by atoms with E-state index in [1.165, 1.54) is 116 Å². The largest absolute Gasteiger partial charge is 0.304 e. The van der Waals surface area contributed by atoms with Gasteiger partial charge in [-0.3, -0.25) is 0 Å². The van der Waals surface area contributed by atoms with Gasteiger partial charge in [0.05, 0.1) is 0 Å². The average molecular weight is 311 g/mol. The highest BCUT2D eigenvalue weighted by molar-refractivity contribution is 4.68. The van der Waals surface area contributed by atoms with Crippen molar-refractivity contribution in [3.05, 3.63) is 0 Å². The number of likely N-dealkylation sites (N-methyl/N-ethyl adjacent to an activating group) is 1. The van der Waals surface area contributed by atoms with Gasteiger partial charge in [0, 0.05) is 26.2 Å². The predicted molar refractivity (Wildman–Crippen MR) is 99.6 cm³/mol. The third-order valence-corrected chi connectivity index (χ3v) is 5.17. The summed E-state index contributed by atoms with van der Waals surface area (Å²) in [5.74, 6) is 0. The van der Waals surface area contributed by atoms with Crippen molar-refractivity contribution in [2.75, 3.05) is 39.8 Å². The summed E-state index contributed by atoms with van der Waals surface area (Å²) >= 11 is 0. The normalized spacial score (nSPS) is 17.2. The fourth-order valence-electron chi connectivity index (χ4n) is 3.42. The lowest BCUT2D eigenvalue weighted by Crippen LogP contribution is -2.44. The molecule has 0 atom stereocenters. The molecule has 0 N–H and O–H groups in total. The highest BCUT2D eigenvalue weighted by atomic mass is 15.2. The van der Waals surface area contributed by atoms with Crippen molar-refractivity contribution < 1.29 is 0 Å². The van der Waals surface area contributed by atoms with E-state index >= 15 is 0 Å². The number of rotatable bonds is 14. The van der Waals surface area contributed by atoms with Crippen molar-refractivity contribution >= 4 is 0 Å². The van der Waals surface area contributed by atoms with Crippen LogP contribution < -0.4 is 0 Å². The second-order valence-electron chi connectivity index (χ2n) is 7.39. The Balaban J connectivity index is 1.71. The van der Waals surface area contributed by atoms with Gasteiger partial charge in [-0.25, -0.2) is 0 Å². The summed E-state index contributed by atoms with van der Waals surface area (Å²) in [6, 6.07) is 0. The molecule has 0 saturated carbocycles. The molecule has 0 unspecified atom stereocenters. The molecule has 0 aromatic heterocycles. The lowest BCUT2D eigenvalue weighted by molar-refractivity contribution is 0.152. The van der Waals surface area contributed by atoms with Gasteiger partial charge in [0.15, 0.2) is 0 Å². The van der Waals surface area contributed by atoms with Crippen molar-refractivity contribution in [1.82, 2.24) is 9.80 Å². The van der Waals surface area contributed by atoms with Crippen LogP contribution >= 0.6 is 0 Å². The first kappa shape index (κ1) is 20.0. The van der Waals surface area contributed by atoms with E-state index in [1.807, 2.05) is 0 Å². The zero-order chi connectivity index (χ0) is 15.9. The van der Waals surface area contributed by atoms with Crippen LogP contribution in [0.4, 0.5) is 0 Å². The van der Waals surface area contributed by atoms with Crippen molar-refractivity contribution in [1.29, 1.82) is 0 Å². The molecule has 1 saturated heterocycles. The number of unbranched alkanes of at least 4 members (excludes halogenated alkanes) is 12. The molecule has 2 nitrogen and oxygen atoms in total. The molecule has 1 aliphatic rings. The maximum Gasteiger partial charge on any atom is 0.0110 e. The highest BCUT2D eigenvalue weighted by Crippen LogP contribution is 2.12. The third kappa shape index (κ3) is 11.5. The van der Waals surface area contributed by atoms with Crippen molar-refractivity contribution in [3.8, 4) is 0 Å². The molecule has 0 amide bonds. The van der Waals surface area contributed by atoms with Crippen LogP contribution in [0, 0.1) is 0 Å². The molecule has 1 rings (SSSR count). The topological polar surface area (TPSA) is 6.48 Å². The molecular weight excluding hydrogens is 268 g/mol. The molecule has 22 heavy (non-hydrogen) atoms. The SMILES string of the molecule is CCCCCCCCCCCCCCCN1CCN(C)CC1. The van der Waals surface area contributed by atoms with Crippen LogP contribution in [-0.2, 0) is 0 Å². The van der Waals surface area contributed by atoms with Crippen molar-refractivity contribution in [2.24, 2.45) is 0 Å². The average Bonchev–Trinajstić information content (AvgIpc) is 2.53. The standard InChI is InChI=1S/C20H42N2/c1-3-4-5-6-7-8-9-10-11-12-13-14-15-16-22-19-17-21(2)18-20-22/h3-20H2,1-2H3. The van der Waals surface area contributed by atoms with Gasteiger partial charge in [-0.05, 0) is 20.0 Å². The molecule has 1 aliphatic heterocycles. The Bertz CT molecular complexity index is 222. The fraction of sp³-hybridized carbons (Fsp3) is 1.00. The van der Waals surface area contributed by atoms with E-state index in [9.17, 15) is 0 Å². The van der Waals surface area contributed by atoms with Gasteiger partial charge in [-0.2, -0.15) is 0 Å². The van der Waals surface area contributed by atoms with Gasteiger partial charge in [-0.1, -0.05) is 84.0 Å². The van der Waals surface area contributed by atoms with Crippen LogP contribution in [0.5, 0.6) is 0 Å². The van der Waals surface area contributed by atoms with Gasteiger partial charge in [-0.15, -0.1) is 0 Å². The summed E-state index contributed by atoms with van der Waals surface area (Å²) in [4.78, 5) is 5.10. The van der Waals surface area contributed by atoms with E-state index in [0.717, 1.165) is 0 Å². The molecule has 1 fully saturated rings. The van der Waals surface area contributed by atoms with Crippen LogP contribution in [-0.4, -0.2) is 49.6 Å². The van der Waals surface area contributed by atoms with E-state index in [0.29, 0.717) is 0 Å². The van der Waals surface area contributed by atoms with Gasteiger partial charge >= 0.3 is 0 Å². The van der Waals surface area contributed by atoms with Crippen LogP contribution in [0.2, 0.25) is 0 Å². The Kier molecular flexibility index (Phi) is 13.2. The predicted octanol–water partition coefficient (Wildman–Crippen LogP) is 5.33. The second kappa shape index (κ2) is 14.5. The lowest BCUT2D eigenvalue weighted by atomic mass is 10.0. The summed E-state index contributed by atoms with van der Waals surface area (Å²) in [5, 5.41) is 0. The summed E-state index contributed by atoms with van der Waals surface area (Å²) < 4.78 is 0. The molecule has 0 aliphatic carbocycles. The summed E-state index contributed by atoms with van der Waals surface area (Å²) in [5.41, 5.74) is 0. The summed E-state index contributed by atoms with van der Waals surface area (Å²) in [6.45, 7) is 8.73. The van der Waals surface area contributed by atoms with Gasteiger partial charge in [0.25, 0.3) is 0 Å². The zero-order valence-corrected chi connectivity index (χ0v) is 15.6. The minimum Gasteiger partial charge on any atom is -0.304 e. The smallest absolute Gasteiger partial charge is 0.0110 e. The summed E-state index contributed by atoms with van der Waals surface area (Å²) in [6.07, 6.45) is 18.9. The molecule has 0 aromatic rings. The molecule has 0 radical (unpaired) electrons. The Morgan fingerprint density at radius 3 is 1.41 bits per heavy atom. The Labute approximate surface area is 140 Å². The molecule has 0 aromatic carbocycles. The maximum absolute atomic E-state index is 2.65. The quantitative estimate of drug-likeness (QED) is 0.400. The van der Waals surface area contributed by atoms with Crippen molar-refractivity contribution in [2.45, 2.75) is 90.4 Å². The summed E-state index contributed by atoms with van der Waals surface area (Å²) in [7, 11) is 2.24. The highest BCUT2D eigenvalue weighted by Gasteiger charge is 2.12. The Morgan fingerprint density at radius 2 is 0.955 bits per heavy atom. The number of hydrogen-bond donors (Lipinski definition) is 0. The fourth-order valence-corrected chi connectivity index (χ4v) is 3.42. The molecular formula is C20H42N2. The molecule has 0 bridgehead atoms. The van der Waals surface area contributed by atoms with Crippen LogP contribution in [0.25, 0.3) is 0 Å². The van der Waals surface area contributed by atoms with Gasteiger partial charge in [0.1, 0.15) is 0 Å². The van der Waals surface area contributed by atoms with E-state index in [2.05, 4.69) is 23.8 Å². The molecule has 0 spiro atoms. The second-order valence-corrected chi connectivity index (χ2v) is 7.39. The van der Waals surface area contributed by atoms with Crippen LogP contribution in [0.15, 0.2) is 0 Å². The first-order chi connectivity index (χ1) is 10.8. The Morgan fingerprint density at radius 1 is 0.545 bits per heavy atom. The van der Waals surface area contributed by atoms with Gasteiger partial charge < -0.3 is 9.80 Å².